The molecule has 7 heteroatoms. The van der Waals surface area contributed by atoms with Crippen LogP contribution in [0.15, 0.2) is 48.5 Å². The van der Waals surface area contributed by atoms with Gasteiger partial charge in [-0.2, -0.15) is 0 Å². The van der Waals surface area contributed by atoms with Gasteiger partial charge in [0.2, 0.25) is 5.91 Å². The van der Waals surface area contributed by atoms with Gasteiger partial charge in [0.25, 0.3) is 5.91 Å². The van der Waals surface area contributed by atoms with E-state index in [0.29, 0.717) is 11.3 Å². The first-order chi connectivity index (χ1) is 14.8. The maximum absolute atomic E-state index is 12.6. The van der Waals surface area contributed by atoms with E-state index in [1.807, 2.05) is 31.2 Å². The lowest BCUT2D eigenvalue weighted by Gasteiger charge is -2.20. The van der Waals surface area contributed by atoms with Gasteiger partial charge in [-0.25, -0.2) is 0 Å². The summed E-state index contributed by atoms with van der Waals surface area (Å²) in [6.07, 6.45) is -0.190. The van der Waals surface area contributed by atoms with E-state index in [9.17, 15) is 19.2 Å². The summed E-state index contributed by atoms with van der Waals surface area (Å²) >= 11 is 0. The number of esters is 1. The van der Waals surface area contributed by atoms with Crippen molar-refractivity contribution in [2.24, 2.45) is 5.92 Å². The predicted octanol–water partition coefficient (Wildman–Crippen LogP) is 3.37. The molecule has 1 aliphatic rings. The lowest BCUT2D eigenvalue weighted by atomic mass is 10.1. The van der Waals surface area contributed by atoms with Crippen molar-refractivity contribution in [2.75, 3.05) is 16.8 Å². The summed E-state index contributed by atoms with van der Waals surface area (Å²) in [5.41, 5.74) is 2.88. The number of benzene rings is 2. The Kier molecular flexibility index (Phi) is 6.84. The average Bonchev–Trinajstić information content (AvgIpc) is 3.15. The monoisotopic (exact) mass is 422 g/mol. The van der Waals surface area contributed by atoms with Crippen LogP contribution in [0.4, 0.5) is 11.4 Å². The first kappa shape index (κ1) is 22.2. The maximum Gasteiger partial charge on any atom is 0.312 e. The number of nitrogens with zero attached hydrogens (tertiary/aromatic N) is 1. The maximum atomic E-state index is 12.6. The van der Waals surface area contributed by atoms with Crippen molar-refractivity contribution < 1.29 is 23.9 Å². The second-order valence-electron chi connectivity index (χ2n) is 7.59. The van der Waals surface area contributed by atoms with Crippen molar-refractivity contribution in [2.45, 2.75) is 39.7 Å². The second-order valence-corrected chi connectivity index (χ2v) is 7.59. The van der Waals surface area contributed by atoms with E-state index in [-0.39, 0.29) is 24.7 Å². The molecular formula is C24H26N2O5. The van der Waals surface area contributed by atoms with Crippen LogP contribution >= 0.6 is 0 Å². The van der Waals surface area contributed by atoms with Gasteiger partial charge in [-0.3, -0.25) is 19.2 Å². The largest absolute Gasteiger partial charge is 0.452 e. The number of anilines is 2. The Labute approximate surface area is 181 Å². The summed E-state index contributed by atoms with van der Waals surface area (Å²) in [5, 5.41) is 2.66. The number of aryl methyl sites for hydroxylation is 1. The molecule has 0 aliphatic carbocycles. The number of nitrogens with one attached hydrogen (secondary N) is 1. The van der Waals surface area contributed by atoms with Gasteiger partial charge in [-0.1, -0.05) is 25.1 Å². The topological polar surface area (TPSA) is 92.8 Å². The molecule has 1 saturated heterocycles. The highest BCUT2D eigenvalue weighted by molar-refractivity contribution is 6.01. The smallest absolute Gasteiger partial charge is 0.312 e. The molecule has 2 amide bonds. The second kappa shape index (κ2) is 9.55. The fraction of sp³-hybridized carbons (Fsp3) is 0.333. The van der Waals surface area contributed by atoms with Crippen molar-refractivity contribution in [3.05, 3.63) is 59.7 Å². The molecule has 2 aromatic rings. The van der Waals surface area contributed by atoms with E-state index in [1.54, 1.807) is 29.2 Å². The Hall–Kier alpha value is -3.48. The highest BCUT2D eigenvalue weighted by atomic mass is 16.5. The van der Waals surface area contributed by atoms with Crippen LogP contribution < -0.4 is 10.2 Å². The van der Waals surface area contributed by atoms with Gasteiger partial charge >= 0.3 is 5.97 Å². The molecule has 1 fully saturated rings. The van der Waals surface area contributed by atoms with Crippen molar-refractivity contribution in [3.8, 4) is 0 Å². The molecule has 0 aromatic heterocycles. The highest BCUT2D eigenvalue weighted by Gasteiger charge is 2.37. The van der Waals surface area contributed by atoms with E-state index in [1.165, 1.54) is 13.8 Å². The van der Waals surface area contributed by atoms with Gasteiger partial charge in [0, 0.05) is 29.9 Å². The molecule has 1 heterocycles. The number of ether oxygens (including phenoxy) is 1. The molecule has 31 heavy (non-hydrogen) atoms. The van der Waals surface area contributed by atoms with Crippen molar-refractivity contribution in [3.63, 3.8) is 0 Å². The summed E-state index contributed by atoms with van der Waals surface area (Å²) in [4.78, 5) is 50.4. The van der Waals surface area contributed by atoms with Gasteiger partial charge in [-0.15, -0.1) is 0 Å². The van der Waals surface area contributed by atoms with E-state index in [0.717, 1.165) is 17.7 Å². The third-order valence-corrected chi connectivity index (χ3v) is 5.34. The molecule has 0 radical (unpaired) electrons. The van der Waals surface area contributed by atoms with Gasteiger partial charge in [-0.05, 0) is 56.2 Å². The van der Waals surface area contributed by atoms with E-state index in [2.05, 4.69) is 5.32 Å². The number of carbonyl (C=O) groups excluding carboxylic acids is 4. The van der Waals surface area contributed by atoms with Crippen LogP contribution in [-0.2, 0) is 25.5 Å². The minimum Gasteiger partial charge on any atom is -0.452 e. The Morgan fingerprint density at radius 2 is 1.81 bits per heavy atom. The first-order valence-corrected chi connectivity index (χ1v) is 10.3. The molecule has 1 N–H and O–H groups in total. The van der Waals surface area contributed by atoms with Crippen LogP contribution in [0.1, 0.15) is 43.1 Å². The number of carbonyl (C=O) groups is 4. The minimum atomic E-state index is -1.02. The molecule has 0 bridgehead atoms. The first-order valence-electron chi connectivity index (χ1n) is 10.3. The number of rotatable bonds is 7. The fourth-order valence-corrected chi connectivity index (χ4v) is 3.53. The third-order valence-electron chi connectivity index (χ3n) is 5.34. The highest BCUT2D eigenvalue weighted by Crippen LogP contribution is 2.29. The zero-order valence-electron chi connectivity index (χ0n) is 17.9. The summed E-state index contributed by atoms with van der Waals surface area (Å²) in [6, 6.07) is 14.1. The molecule has 162 valence electrons. The fourth-order valence-electron chi connectivity index (χ4n) is 3.53. The number of Topliss-reactive ketones (excluding diaryl/α,β-unsaturated/α-hetero) is 1. The molecule has 1 aliphatic heterocycles. The minimum absolute atomic E-state index is 0.0533. The molecule has 2 atom stereocenters. The number of hydrogen-bond acceptors (Lipinski definition) is 5. The summed E-state index contributed by atoms with van der Waals surface area (Å²) in [6.45, 7) is 5.19. The van der Waals surface area contributed by atoms with Crippen LogP contribution in [0.25, 0.3) is 0 Å². The summed E-state index contributed by atoms with van der Waals surface area (Å²) in [7, 11) is 0. The van der Waals surface area contributed by atoms with E-state index < -0.39 is 23.9 Å². The summed E-state index contributed by atoms with van der Waals surface area (Å²) in [5.74, 6) is -1.88. The van der Waals surface area contributed by atoms with Crippen molar-refractivity contribution in [1.29, 1.82) is 0 Å². The quantitative estimate of drug-likeness (QED) is 0.545. The molecule has 7 nitrogen and oxygen atoms in total. The van der Waals surface area contributed by atoms with E-state index >= 15 is 0 Å². The van der Waals surface area contributed by atoms with Crippen LogP contribution in [0.5, 0.6) is 0 Å². The molecule has 0 unspecified atom stereocenters. The van der Waals surface area contributed by atoms with Gasteiger partial charge < -0.3 is 15.0 Å². The summed E-state index contributed by atoms with van der Waals surface area (Å²) < 4.78 is 5.34. The lowest BCUT2D eigenvalue weighted by Crippen LogP contribution is -2.33. The SMILES string of the molecule is CCc1ccccc1N1C[C@@H](C(=O)O[C@H](C)C(=O)Nc2ccc(C(C)=O)cc2)CC1=O. The van der Waals surface area contributed by atoms with E-state index in [4.69, 9.17) is 4.74 Å². The normalized spacial score (nSPS) is 16.7. The molecule has 0 spiro atoms. The van der Waals surface area contributed by atoms with Crippen molar-refractivity contribution in [1.82, 2.24) is 0 Å². The van der Waals surface area contributed by atoms with Gasteiger partial charge in [0.15, 0.2) is 11.9 Å². The number of ketones is 1. The van der Waals surface area contributed by atoms with Crippen LogP contribution in [0.2, 0.25) is 0 Å². The Morgan fingerprint density at radius 3 is 2.45 bits per heavy atom. The number of para-hydroxylation sites is 1. The average molecular weight is 422 g/mol. The molecule has 0 saturated carbocycles. The van der Waals surface area contributed by atoms with Gasteiger partial charge in [0.05, 0.1) is 5.92 Å². The molecule has 2 aromatic carbocycles. The third kappa shape index (κ3) is 5.17. The van der Waals surface area contributed by atoms with Crippen LogP contribution in [-0.4, -0.2) is 36.2 Å². The molecule has 3 rings (SSSR count). The number of amides is 2. The zero-order chi connectivity index (χ0) is 22.5. The Bertz CT molecular complexity index is 999. The predicted molar refractivity (Wildman–Crippen MR) is 117 cm³/mol. The zero-order valence-corrected chi connectivity index (χ0v) is 17.9. The standard InChI is InChI=1S/C24H26N2O5/c1-4-17-7-5-6-8-21(17)26-14-19(13-22(26)28)24(30)31-16(3)23(29)25-20-11-9-18(10-12-20)15(2)27/h5-12,16,19H,4,13-14H2,1-3H3,(H,25,29)/t16-,19+/m1/s1. The van der Waals surface area contributed by atoms with Crippen LogP contribution in [0, 0.1) is 5.92 Å². The Morgan fingerprint density at radius 1 is 1.13 bits per heavy atom. The number of hydrogen-bond donors (Lipinski definition) is 1. The van der Waals surface area contributed by atoms with Crippen LogP contribution in [0.3, 0.4) is 0 Å². The molecular weight excluding hydrogens is 396 g/mol. The Balaban J connectivity index is 1.58. The van der Waals surface area contributed by atoms with Crippen molar-refractivity contribution >= 4 is 34.9 Å². The lowest BCUT2D eigenvalue weighted by molar-refractivity contribution is -0.157. The van der Waals surface area contributed by atoms with Gasteiger partial charge in [0.1, 0.15) is 0 Å².